The number of Topliss-reactive ketones (excluding diaryl/α,β-unsaturated/α-hetero) is 1. The number of ketones is 1. The SMILES string of the molecule is Cc1cc(O)c(C(=O)CBr)c(C)c1Br. The van der Waals surface area contributed by atoms with Crippen LogP contribution in [0.25, 0.3) is 0 Å². The number of aromatic hydroxyl groups is 1. The van der Waals surface area contributed by atoms with Crippen molar-refractivity contribution in [1.82, 2.24) is 0 Å². The second-order valence-corrected chi connectivity index (χ2v) is 4.44. The van der Waals surface area contributed by atoms with Crippen LogP contribution in [-0.4, -0.2) is 16.2 Å². The average Bonchev–Trinajstić information content (AvgIpc) is 2.14. The van der Waals surface area contributed by atoms with Crippen LogP contribution in [0.4, 0.5) is 0 Å². The van der Waals surface area contributed by atoms with Crippen LogP contribution in [0.15, 0.2) is 10.5 Å². The fourth-order valence-corrected chi connectivity index (χ4v) is 1.95. The summed E-state index contributed by atoms with van der Waals surface area (Å²) in [5.74, 6) is -0.0617. The van der Waals surface area contributed by atoms with Gasteiger partial charge in [-0.2, -0.15) is 0 Å². The smallest absolute Gasteiger partial charge is 0.177 e. The van der Waals surface area contributed by atoms with Crippen LogP contribution in [0, 0.1) is 13.8 Å². The first-order valence-corrected chi connectivity index (χ1v) is 5.98. The van der Waals surface area contributed by atoms with E-state index in [2.05, 4.69) is 31.9 Å². The number of halogens is 2. The zero-order valence-electron chi connectivity index (χ0n) is 7.90. The quantitative estimate of drug-likeness (QED) is 0.670. The lowest BCUT2D eigenvalue weighted by molar-refractivity contribution is 0.102. The molecule has 14 heavy (non-hydrogen) atoms. The van der Waals surface area contributed by atoms with Gasteiger partial charge in [-0.3, -0.25) is 4.79 Å². The maximum Gasteiger partial charge on any atom is 0.177 e. The lowest BCUT2D eigenvalue weighted by Crippen LogP contribution is -2.04. The van der Waals surface area contributed by atoms with Gasteiger partial charge in [0.05, 0.1) is 10.9 Å². The predicted octanol–water partition coefficient (Wildman–Crippen LogP) is 3.35. The van der Waals surface area contributed by atoms with Crippen molar-refractivity contribution in [2.24, 2.45) is 0 Å². The van der Waals surface area contributed by atoms with E-state index in [1.807, 2.05) is 13.8 Å². The molecule has 0 spiro atoms. The Morgan fingerprint density at radius 1 is 1.50 bits per heavy atom. The van der Waals surface area contributed by atoms with Gasteiger partial charge in [0.25, 0.3) is 0 Å². The van der Waals surface area contributed by atoms with Gasteiger partial charge in [-0.15, -0.1) is 0 Å². The van der Waals surface area contributed by atoms with E-state index in [0.29, 0.717) is 5.56 Å². The lowest BCUT2D eigenvalue weighted by atomic mass is 10.0. The van der Waals surface area contributed by atoms with E-state index >= 15 is 0 Å². The van der Waals surface area contributed by atoms with Crippen LogP contribution in [0.2, 0.25) is 0 Å². The minimum Gasteiger partial charge on any atom is -0.507 e. The van der Waals surface area contributed by atoms with Crippen molar-refractivity contribution >= 4 is 37.6 Å². The largest absolute Gasteiger partial charge is 0.507 e. The molecule has 1 N–H and O–H groups in total. The maximum absolute atomic E-state index is 11.5. The molecule has 0 atom stereocenters. The Bertz CT molecular complexity index is 386. The van der Waals surface area contributed by atoms with Gasteiger partial charge in [-0.1, -0.05) is 31.9 Å². The van der Waals surface area contributed by atoms with Crippen molar-refractivity contribution in [3.63, 3.8) is 0 Å². The molecular formula is C10H10Br2O2. The molecular weight excluding hydrogens is 312 g/mol. The van der Waals surface area contributed by atoms with Gasteiger partial charge < -0.3 is 5.11 Å². The number of carbonyl (C=O) groups is 1. The Hall–Kier alpha value is -0.350. The monoisotopic (exact) mass is 320 g/mol. The molecule has 0 aliphatic carbocycles. The highest BCUT2D eigenvalue weighted by atomic mass is 79.9. The second kappa shape index (κ2) is 4.45. The maximum atomic E-state index is 11.5. The Labute approximate surface area is 99.6 Å². The Morgan fingerprint density at radius 2 is 2.07 bits per heavy atom. The Balaban J connectivity index is 3.44. The predicted molar refractivity (Wildman–Crippen MR) is 63.4 cm³/mol. The summed E-state index contributed by atoms with van der Waals surface area (Å²) in [6.45, 7) is 3.69. The molecule has 0 amide bonds. The number of aryl methyl sites for hydroxylation is 1. The highest BCUT2D eigenvalue weighted by Crippen LogP contribution is 2.31. The van der Waals surface area contributed by atoms with Crippen molar-refractivity contribution in [1.29, 1.82) is 0 Å². The third kappa shape index (κ3) is 2.01. The summed E-state index contributed by atoms with van der Waals surface area (Å²) in [5.41, 5.74) is 2.09. The van der Waals surface area contributed by atoms with E-state index in [1.54, 1.807) is 6.07 Å². The summed E-state index contributed by atoms with van der Waals surface area (Å²) >= 11 is 6.47. The number of rotatable bonds is 2. The first-order valence-electron chi connectivity index (χ1n) is 4.06. The minimum atomic E-state index is -0.110. The molecule has 0 fully saturated rings. The molecule has 0 heterocycles. The van der Waals surface area contributed by atoms with Crippen molar-refractivity contribution in [3.05, 3.63) is 27.2 Å². The summed E-state index contributed by atoms with van der Waals surface area (Å²) in [6, 6.07) is 1.59. The van der Waals surface area contributed by atoms with Crippen molar-refractivity contribution in [3.8, 4) is 5.75 Å². The van der Waals surface area contributed by atoms with Gasteiger partial charge >= 0.3 is 0 Å². The molecule has 0 bridgehead atoms. The average molecular weight is 322 g/mol. The van der Waals surface area contributed by atoms with Crippen LogP contribution in [0.5, 0.6) is 5.75 Å². The zero-order chi connectivity index (χ0) is 10.9. The molecule has 4 heteroatoms. The highest BCUT2D eigenvalue weighted by molar-refractivity contribution is 9.10. The Kier molecular flexibility index (Phi) is 3.72. The molecule has 76 valence electrons. The summed E-state index contributed by atoms with van der Waals surface area (Å²) in [5, 5.41) is 9.85. The van der Waals surface area contributed by atoms with Crippen molar-refractivity contribution in [2.45, 2.75) is 13.8 Å². The topological polar surface area (TPSA) is 37.3 Å². The van der Waals surface area contributed by atoms with Crippen molar-refractivity contribution < 1.29 is 9.90 Å². The number of phenolic OH excluding ortho intramolecular Hbond substituents is 1. The summed E-state index contributed by atoms with van der Waals surface area (Å²) in [4.78, 5) is 11.5. The third-order valence-corrected chi connectivity index (χ3v) is 3.79. The van der Waals surface area contributed by atoms with Gasteiger partial charge in [0.2, 0.25) is 0 Å². The van der Waals surface area contributed by atoms with Crippen LogP contribution in [0.3, 0.4) is 0 Å². The number of carbonyl (C=O) groups excluding carboxylic acids is 1. The number of phenols is 1. The molecule has 2 nitrogen and oxygen atoms in total. The number of benzene rings is 1. The first-order chi connectivity index (χ1) is 6.49. The van der Waals surface area contributed by atoms with Crippen LogP contribution in [-0.2, 0) is 0 Å². The van der Waals surface area contributed by atoms with E-state index in [9.17, 15) is 9.90 Å². The fourth-order valence-electron chi connectivity index (χ4n) is 1.36. The Morgan fingerprint density at radius 3 is 2.57 bits per heavy atom. The van der Waals surface area contributed by atoms with Crippen LogP contribution >= 0.6 is 31.9 Å². The van der Waals surface area contributed by atoms with Gasteiger partial charge in [0.15, 0.2) is 5.78 Å². The van der Waals surface area contributed by atoms with E-state index in [4.69, 9.17) is 0 Å². The van der Waals surface area contributed by atoms with E-state index in [0.717, 1.165) is 15.6 Å². The van der Waals surface area contributed by atoms with E-state index in [1.165, 1.54) is 0 Å². The van der Waals surface area contributed by atoms with Gasteiger partial charge in [-0.05, 0) is 31.0 Å². The van der Waals surface area contributed by atoms with Crippen LogP contribution in [0.1, 0.15) is 21.5 Å². The van der Waals surface area contributed by atoms with Crippen LogP contribution < -0.4 is 0 Å². The molecule has 1 rings (SSSR count). The summed E-state index contributed by atoms with van der Waals surface area (Å²) in [7, 11) is 0. The van der Waals surface area contributed by atoms with Gasteiger partial charge in [-0.25, -0.2) is 0 Å². The van der Waals surface area contributed by atoms with E-state index in [-0.39, 0.29) is 16.9 Å². The summed E-state index contributed by atoms with van der Waals surface area (Å²) in [6.07, 6.45) is 0. The molecule has 1 aromatic carbocycles. The highest BCUT2D eigenvalue weighted by Gasteiger charge is 2.16. The molecule has 0 radical (unpaired) electrons. The molecule has 1 aromatic rings. The first kappa shape index (κ1) is 11.7. The molecule has 0 saturated heterocycles. The van der Waals surface area contributed by atoms with Gasteiger partial charge in [0, 0.05) is 4.47 Å². The lowest BCUT2D eigenvalue weighted by Gasteiger charge is -2.10. The zero-order valence-corrected chi connectivity index (χ0v) is 11.1. The standard InChI is InChI=1S/C10H10Br2O2/c1-5-3-7(13)9(8(14)4-11)6(2)10(5)12/h3,13H,4H2,1-2H3. The van der Waals surface area contributed by atoms with Gasteiger partial charge in [0.1, 0.15) is 5.75 Å². The molecule has 0 aliphatic rings. The second-order valence-electron chi connectivity index (χ2n) is 3.08. The number of hydrogen-bond donors (Lipinski definition) is 1. The van der Waals surface area contributed by atoms with E-state index < -0.39 is 0 Å². The minimum absolute atomic E-state index is 0.0488. The normalized spacial score (nSPS) is 10.3. The third-order valence-electron chi connectivity index (χ3n) is 2.06. The van der Waals surface area contributed by atoms with Crippen molar-refractivity contribution in [2.75, 3.05) is 5.33 Å². The molecule has 0 aliphatic heterocycles. The molecule has 0 unspecified atom stereocenters. The fraction of sp³-hybridized carbons (Fsp3) is 0.300. The molecule has 0 saturated carbocycles. The summed E-state index contributed by atoms with van der Waals surface area (Å²) < 4.78 is 0.875. The molecule has 0 aromatic heterocycles. The number of alkyl halides is 1. The number of hydrogen-bond acceptors (Lipinski definition) is 2.